The minimum Gasteiger partial charge on any atom is -0.396 e. The molecule has 0 amide bonds. The van der Waals surface area contributed by atoms with E-state index in [1.54, 1.807) is 12.4 Å². The van der Waals surface area contributed by atoms with E-state index in [2.05, 4.69) is 22.3 Å². The Morgan fingerprint density at radius 1 is 1.37 bits per heavy atom. The Kier molecular flexibility index (Phi) is 4.65. The van der Waals surface area contributed by atoms with Gasteiger partial charge in [0.2, 0.25) is 0 Å². The summed E-state index contributed by atoms with van der Waals surface area (Å²) < 4.78 is 1.82. The molecule has 0 saturated heterocycles. The molecule has 0 saturated carbocycles. The van der Waals surface area contributed by atoms with Crippen molar-refractivity contribution in [1.82, 2.24) is 20.1 Å². The maximum Gasteiger partial charge on any atom is 0.0969 e. The predicted molar refractivity (Wildman–Crippen MR) is 74.4 cm³/mol. The highest BCUT2D eigenvalue weighted by Crippen LogP contribution is 2.20. The topological polar surface area (TPSA) is 63.0 Å². The lowest BCUT2D eigenvalue weighted by Gasteiger charge is -2.12. The summed E-state index contributed by atoms with van der Waals surface area (Å²) in [5, 5.41) is 16.8. The maximum absolute atomic E-state index is 8.91. The van der Waals surface area contributed by atoms with Gasteiger partial charge in [-0.15, -0.1) is 0 Å². The van der Waals surface area contributed by atoms with Crippen LogP contribution in [0.5, 0.6) is 0 Å². The molecule has 2 aromatic rings. The highest BCUT2D eigenvalue weighted by atomic mass is 16.3. The number of aromatic nitrogens is 3. The zero-order chi connectivity index (χ0) is 13.7. The van der Waals surface area contributed by atoms with E-state index in [4.69, 9.17) is 5.11 Å². The lowest BCUT2D eigenvalue weighted by atomic mass is 10.1. The van der Waals surface area contributed by atoms with Crippen molar-refractivity contribution in [3.8, 4) is 11.3 Å². The summed E-state index contributed by atoms with van der Waals surface area (Å²) in [4.78, 5) is 4.03. The van der Waals surface area contributed by atoms with E-state index in [1.165, 1.54) is 0 Å². The van der Waals surface area contributed by atoms with Crippen LogP contribution in [-0.4, -0.2) is 32.5 Å². The quantitative estimate of drug-likeness (QED) is 0.823. The summed E-state index contributed by atoms with van der Waals surface area (Å²) in [6, 6.07) is 4.21. The van der Waals surface area contributed by atoms with E-state index in [0.29, 0.717) is 0 Å². The van der Waals surface area contributed by atoms with E-state index >= 15 is 0 Å². The number of rotatable bonds is 6. The fourth-order valence-electron chi connectivity index (χ4n) is 2.00. The first kappa shape index (κ1) is 13.7. The number of pyridine rings is 1. The van der Waals surface area contributed by atoms with Gasteiger partial charge in [-0.1, -0.05) is 0 Å². The largest absolute Gasteiger partial charge is 0.396 e. The normalized spacial score (nSPS) is 12.6. The lowest BCUT2D eigenvalue weighted by molar-refractivity contribution is 0.268. The Morgan fingerprint density at radius 3 is 2.79 bits per heavy atom. The third-order valence-electron chi connectivity index (χ3n) is 3.06. The van der Waals surface area contributed by atoms with E-state index in [0.717, 1.165) is 29.8 Å². The minimum absolute atomic E-state index is 0.207. The van der Waals surface area contributed by atoms with Crippen molar-refractivity contribution in [2.75, 3.05) is 6.61 Å². The van der Waals surface area contributed by atoms with Crippen LogP contribution < -0.4 is 5.32 Å². The second-order valence-electron chi connectivity index (χ2n) is 4.71. The first-order valence-electron chi connectivity index (χ1n) is 6.48. The highest BCUT2D eigenvalue weighted by molar-refractivity contribution is 5.61. The number of hydrogen-bond acceptors (Lipinski definition) is 4. The van der Waals surface area contributed by atoms with E-state index in [-0.39, 0.29) is 12.6 Å². The lowest BCUT2D eigenvalue weighted by Crippen LogP contribution is -2.26. The Bertz CT molecular complexity index is 509. The Morgan fingerprint density at radius 2 is 2.11 bits per heavy atom. The summed E-state index contributed by atoms with van der Waals surface area (Å²) in [5.74, 6) is 0. The highest BCUT2D eigenvalue weighted by Gasteiger charge is 2.10. The van der Waals surface area contributed by atoms with Crippen molar-refractivity contribution in [1.29, 1.82) is 0 Å². The molecule has 0 fully saturated rings. The molecule has 0 aromatic carbocycles. The minimum atomic E-state index is 0.207. The van der Waals surface area contributed by atoms with Crippen molar-refractivity contribution in [3.05, 3.63) is 36.3 Å². The first-order valence-corrected chi connectivity index (χ1v) is 6.48. The van der Waals surface area contributed by atoms with Gasteiger partial charge in [-0.25, -0.2) is 0 Å². The molecule has 19 heavy (non-hydrogen) atoms. The third kappa shape index (κ3) is 3.62. The summed E-state index contributed by atoms with van der Waals surface area (Å²) in [6.07, 6.45) is 6.32. The van der Waals surface area contributed by atoms with Gasteiger partial charge in [-0.05, 0) is 25.5 Å². The SMILES string of the molecule is CC(CCO)NCc1cn(C)nc1-c1ccncc1. The number of nitrogens with one attached hydrogen (secondary N) is 1. The molecule has 0 radical (unpaired) electrons. The van der Waals surface area contributed by atoms with Crippen molar-refractivity contribution in [2.24, 2.45) is 7.05 Å². The monoisotopic (exact) mass is 260 g/mol. The number of aliphatic hydroxyl groups is 1. The summed E-state index contributed by atoms with van der Waals surface area (Å²) >= 11 is 0. The van der Waals surface area contributed by atoms with Crippen LogP contribution in [0, 0.1) is 0 Å². The number of aliphatic hydroxyl groups excluding tert-OH is 1. The molecule has 2 heterocycles. The fourth-order valence-corrected chi connectivity index (χ4v) is 2.00. The number of aryl methyl sites for hydroxylation is 1. The second kappa shape index (κ2) is 6.45. The van der Waals surface area contributed by atoms with Gasteiger partial charge in [0.15, 0.2) is 0 Å². The Hall–Kier alpha value is -1.72. The van der Waals surface area contributed by atoms with Gasteiger partial charge in [-0.2, -0.15) is 5.10 Å². The predicted octanol–water partition coefficient (Wildman–Crippen LogP) is 1.34. The van der Waals surface area contributed by atoms with Crippen LogP contribution in [0.3, 0.4) is 0 Å². The second-order valence-corrected chi connectivity index (χ2v) is 4.71. The Labute approximate surface area is 113 Å². The zero-order valence-corrected chi connectivity index (χ0v) is 11.4. The first-order chi connectivity index (χ1) is 9.20. The summed E-state index contributed by atoms with van der Waals surface area (Å²) in [7, 11) is 1.92. The van der Waals surface area contributed by atoms with Crippen LogP contribution in [0.4, 0.5) is 0 Å². The van der Waals surface area contributed by atoms with Gasteiger partial charge >= 0.3 is 0 Å². The van der Waals surface area contributed by atoms with Gasteiger partial charge in [0.25, 0.3) is 0 Å². The summed E-state index contributed by atoms with van der Waals surface area (Å²) in [6.45, 7) is 3.02. The van der Waals surface area contributed by atoms with E-state index in [9.17, 15) is 0 Å². The van der Waals surface area contributed by atoms with Gasteiger partial charge in [0, 0.05) is 56.0 Å². The summed E-state index contributed by atoms with van der Waals surface area (Å²) in [5.41, 5.74) is 3.20. The molecular weight excluding hydrogens is 240 g/mol. The van der Waals surface area contributed by atoms with Crippen molar-refractivity contribution in [3.63, 3.8) is 0 Å². The Balaban J connectivity index is 2.13. The molecule has 2 aromatic heterocycles. The molecular formula is C14H20N4O. The molecule has 0 aliphatic carbocycles. The standard InChI is InChI=1S/C14H20N4O/c1-11(5-8-19)16-9-13-10-18(2)17-14(13)12-3-6-15-7-4-12/h3-4,6-7,10-11,16,19H,5,8-9H2,1-2H3. The molecule has 0 bridgehead atoms. The fraction of sp³-hybridized carbons (Fsp3) is 0.429. The van der Waals surface area contributed by atoms with Gasteiger partial charge in [-0.3, -0.25) is 9.67 Å². The molecule has 2 rings (SSSR count). The number of hydrogen-bond donors (Lipinski definition) is 2. The molecule has 102 valence electrons. The molecule has 1 atom stereocenters. The van der Waals surface area contributed by atoms with Gasteiger partial charge in [0.1, 0.15) is 0 Å². The average molecular weight is 260 g/mol. The number of nitrogens with zero attached hydrogens (tertiary/aromatic N) is 3. The average Bonchev–Trinajstić information content (AvgIpc) is 2.79. The molecule has 2 N–H and O–H groups in total. The van der Waals surface area contributed by atoms with E-state index in [1.807, 2.05) is 30.1 Å². The smallest absolute Gasteiger partial charge is 0.0969 e. The zero-order valence-electron chi connectivity index (χ0n) is 11.4. The van der Waals surface area contributed by atoms with E-state index < -0.39 is 0 Å². The maximum atomic E-state index is 8.91. The van der Waals surface area contributed by atoms with Crippen LogP contribution in [0.25, 0.3) is 11.3 Å². The molecule has 1 unspecified atom stereocenters. The molecule has 0 spiro atoms. The third-order valence-corrected chi connectivity index (χ3v) is 3.06. The van der Waals surface area contributed by atoms with Crippen LogP contribution in [0.1, 0.15) is 18.9 Å². The van der Waals surface area contributed by atoms with Crippen LogP contribution in [0.2, 0.25) is 0 Å². The molecule has 5 nitrogen and oxygen atoms in total. The van der Waals surface area contributed by atoms with Gasteiger partial charge in [0.05, 0.1) is 5.69 Å². The van der Waals surface area contributed by atoms with Crippen molar-refractivity contribution >= 4 is 0 Å². The van der Waals surface area contributed by atoms with Gasteiger partial charge < -0.3 is 10.4 Å². The molecule has 0 aliphatic heterocycles. The van der Waals surface area contributed by atoms with Crippen LogP contribution >= 0.6 is 0 Å². The van der Waals surface area contributed by atoms with Crippen molar-refractivity contribution in [2.45, 2.75) is 25.9 Å². The molecule has 5 heteroatoms. The van der Waals surface area contributed by atoms with Crippen LogP contribution in [0.15, 0.2) is 30.7 Å². The van der Waals surface area contributed by atoms with Crippen molar-refractivity contribution < 1.29 is 5.11 Å². The molecule has 0 aliphatic rings. The van der Waals surface area contributed by atoms with Crippen LogP contribution in [-0.2, 0) is 13.6 Å².